The van der Waals surface area contributed by atoms with Crippen LogP contribution < -0.4 is 10.2 Å². The second-order valence-electron chi connectivity index (χ2n) is 7.46. The Labute approximate surface area is 166 Å². The summed E-state index contributed by atoms with van der Waals surface area (Å²) in [5.41, 5.74) is 2.05. The quantitative estimate of drug-likeness (QED) is 0.732. The summed E-state index contributed by atoms with van der Waals surface area (Å²) in [6, 6.07) is 10.8. The number of hydrogen-bond acceptors (Lipinski definition) is 6. The highest BCUT2D eigenvalue weighted by Crippen LogP contribution is 2.53. The van der Waals surface area contributed by atoms with Gasteiger partial charge in [0.25, 0.3) is 11.8 Å². The van der Waals surface area contributed by atoms with E-state index >= 15 is 0 Å². The van der Waals surface area contributed by atoms with Crippen LogP contribution in [0.5, 0.6) is 0 Å². The maximum atomic E-state index is 13.0. The van der Waals surface area contributed by atoms with Crippen molar-refractivity contribution in [1.29, 1.82) is 0 Å². The molecule has 8 nitrogen and oxygen atoms in total. The molecule has 1 aliphatic heterocycles. The molecule has 146 valence electrons. The molecule has 3 atom stereocenters. The summed E-state index contributed by atoms with van der Waals surface area (Å²) in [6.07, 6.45) is 4.55. The fourth-order valence-corrected chi connectivity index (χ4v) is 3.94. The first kappa shape index (κ1) is 17.5. The highest BCUT2D eigenvalue weighted by atomic mass is 16.5. The summed E-state index contributed by atoms with van der Waals surface area (Å²) in [5.74, 6) is 0.686. The van der Waals surface area contributed by atoms with Crippen LogP contribution in [0.1, 0.15) is 39.8 Å². The van der Waals surface area contributed by atoms with Crippen LogP contribution in [0.25, 0.3) is 0 Å². The van der Waals surface area contributed by atoms with Crippen molar-refractivity contribution in [3.05, 3.63) is 71.5 Å². The minimum absolute atomic E-state index is 0.0162. The number of aromatic nitrogens is 3. The molecule has 0 saturated heterocycles. The molecule has 1 fully saturated rings. The maximum Gasteiger partial charge on any atom is 0.274 e. The Hall–Kier alpha value is -3.55. The Kier molecular flexibility index (Phi) is 4.12. The molecule has 0 bridgehead atoms. The van der Waals surface area contributed by atoms with E-state index in [0.29, 0.717) is 18.0 Å². The van der Waals surface area contributed by atoms with Gasteiger partial charge in [0.2, 0.25) is 0 Å². The molecule has 2 amide bonds. The molecule has 1 saturated carbocycles. The zero-order valence-corrected chi connectivity index (χ0v) is 15.8. The van der Waals surface area contributed by atoms with Crippen LogP contribution >= 0.6 is 0 Å². The average molecular weight is 389 g/mol. The lowest BCUT2D eigenvalue weighted by atomic mass is 10.1. The van der Waals surface area contributed by atoms with Crippen LogP contribution in [0.2, 0.25) is 0 Å². The van der Waals surface area contributed by atoms with Gasteiger partial charge in [0.15, 0.2) is 11.5 Å². The number of likely N-dealkylation sites (N-methyl/N-ethyl adjacent to an activating group) is 1. The third kappa shape index (κ3) is 3.16. The van der Waals surface area contributed by atoms with Gasteiger partial charge in [-0.3, -0.25) is 19.5 Å². The molecule has 0 radical (unpaired) electrons. The Bertz CT molecular complexity index is 1080. The Morgan fingerprint density at radius 2 is 2.03 bits per heavy atom. The van der Waals surface area contributed by atoms with Crippen molar-refractivity contribution in [3.63, 3.8) is 0 Å². The standard InChI is InChI=1S/C21H19N5O3/c1-26-19-17(22-7-8-23-19)14-11-15(14)18(21(26)28)24-20(27)16-10-13(29-25-16)9-12-5-3-2-4-6-12/h2-8,10,14-15,18H,9,11H2,1H3,(H,24,27)/t14-,15?,18+/m1/s1. The number of fused-ring (bicyclic) bond motifs is 3. The summed E-state index contributed by atoms with van der Waals surface area (Å²) < 4.78 is 5.31. The molecular weight excluding hydrogens is 370 g/mol. The first-order valence-electron chi connectivity index (χ1n) is 9.50. The second kappa shape index (κ2) is 6.80. The number of anilines is 1. The van der Waals surface area contributed by atoms with Crippen molar-refractivity contribution in [2.75, 3.05) is 11.9 Å². The molecule has 5 rings (SSSR count). The summed E-state index contributed by atoms with van der Waals surface area (Å²) in [4.78, 5) is 35.9. The number of nitrogens with one attached hydrogen (secondary N) is 1. The van der Waals surface area contributed by atoms with Gasteiger partial charge in [-0.1, -0.05) is 35.5 Å². The normalized spacial score (nSPS) is 22.4. The molecule has 29 heavy (non-hydrogen) atoms. The minimum Gasteiger partial charge on any atom is -0.360 e. The molecule has 8 heteroatoms. The van der Waals surface area contributed by atoms with Crippen molar-refractivity contribution >= 4 is 17.6 Å². The van der Waals surface area contributed by atoms with E-state index in [1.165, 1.54) is 4.90 Å². The third-order valence-electron chi connectivity index (χ3n) is 5.54. The van der Waals surface area contributed by atoms with E-state index in [1.54, 1.807) is 25.5 Å². The second-order valence-corrected chi connectivity index (χ2v) is 7.46. The van der Waals surface area contributed by atoms with Gasteiger partial charge in [-0.25, -0.2) is 4.98 Å². The number of carbonyl (C=O) groups excluding carboxylic acids is 2. The van der Waals surface area contributed by atoms with Gasteiger partial charge < -0.3 is 9.84 Å². The van der Waals surface area contributed by atoms with E-state index in [4.69, 9.17) is 4.52 Å². The van der Waals surface area contributed by atoms with Crippen LogP contribution in [0, 0.1) is 5.92 Å². The molecule has 1 N–H and O–H groups in total. The molecule has 1 unspecified atom stereocenters. The lowest BCUT2D eigenvalue weighted by Crippen LogP contribution is -2.48. The van der Waals surface area contributed by atoms with E-state index < -0.39 is 11.9 Å². The Morgan fingerprint density at radius 3 is 2.86 bits per heavy atom. The number of rotatable bonds is 4. The van der Waals surface area contributed by atoms with E-state index in [9.17, 15) is 9.59 Å². The van der Waals surface area contributed by atoms with Crippen molar-refractivity contribution in [2.45, 2.75) is 24.8 Å². The van der Waals surface area contributed by atoms with Crippen LogP contribution in [0.4, 0.5) is 5.82 Å². The molecule has 2 aromatic heterocycles. The summed E-state index contributed by atoms with van der Waals surface area (Å²) >= 11 is 0. The summed E-state index contributed by atoms with van der Waals surface area (Å²) in [6.45, 7) is 0. The first-order valence-corrected chi connectivity index (χ1v) is 9.50. The fraction of sp³-hybridized carbons (Fsp3) is 0.286. The predicted octanol–water partition coefficient (Wildman–Crippen LogP) is 1.93. The molecule has 1 aromatic carbocycles. The Balaban J connectivity index is 1.32. The predicted molar refractivity (Wildman–Crippen MR) is 103 cm³/mol. The minimum atomic E-state index is -0.636. The zero-order chi connectivity index (χ0) is 20.0. The fourth-order valence-electron chi connectivity index (χ4n) is 3.94. The largest absolute Gasteiger partial charge is 0.360 e. The van der Waals surface area contributed by atoms with Gasteiger partial charge in [0.1, 0.15) is 11.8 Å². The summed E-state index contributed by atoms with van der Waals surface area (Å²) in [7, 11) is 1.66. The highest BCUT2D eigenvalue weighted by Gasteiger charge is 2.53. The van der Waals surface area contributed by atoms with Crippen molar-refractivity contribution < 1.29 is 14.1 Å². The van der Waals surface area contributed by atoms with Crippen LogP contribution in [0.3, 0.4) is 0 Å². The molecule has 3 aromatic rings. The number of benzene rings is 1. The van der Waals surface area contributed by atoms with Gasteiger partial charge in [0, 0.05) is 37.8 Å². The van der Waals surface area contributed by atoms with E-state index in [2.05, 4.69) is 20.4 Å². The number of nitrogens with zero attached hydrogens (tertiary/aromatic N) is 4. The van der Waals surface area contributed by atoms with E-state index in [0.717, 1.165) is 17.7 Å². The van der Waals surface area contributed by atoms with Crippen molar-refractivity contribution in [3.8, 4) is 0 Å². The SMILES string of the molecule is CN1C(=O)[C@@H](NC(=O)c2cc(Cc3ccccc3)on2)C2C[C@H]2c2nccnc21. The number of carbonyl (C=O) groups is 2. The van der Waals surface area contributed by atoms with Gasteiger partial charge in [-0.15, -0.1) is 0 Å². The van der Waals surface area contributed by atoms with Crippen LogP contribution in [-0.2, 0) is 11.2 Å². The van der Waals surface area contributed by atoms with Gasteiger partial charge in [-0.2, -0.15) is 0 Å². The lowest BCUT2D eigenvalue weighted by molar-refractivity contribution is -0.120. The van der Waals surface area contributed by atoms with Crippen molar-refractivity contribution in [2.24, 2.45) is 5.92 Å². The molecular formula is C21H19N5O3. The third-order valence-corrected chi connectivity index (χ3v) is 5.54. The smallest absolute Gasteiger partial charge is 0.274 e. The topological polar surface area (TPSA) is 101 Å². The molecule has 0 spiro atoms. The number of hydrogen-bond donors (Lipinski definition) is 1. The van der Waals surface area contributed by atoms with Gasteiger partial charge in [-0.05, 0) is 17.9 Å². The number of amides is 2. The van der Waals surface area contributed by atoms with E-state index in [-0.39, 0.29) is 23.4 Å². The van der Waals surface area contributed by atoms with Crippen LogP contribution in [0.15, 0.2) is 53.3 Å². The van der Waals surface area contributed by atoms with Crippen LogP contribution in [-0.4, -0.2) is 40.0 Å². The Morgan fingerprint density at radius 1 is 1.24 bits per heavy atom. The zero-order valence-electron chi connectivity index (χ0n) is 15.8. The monoisotopic (exact) mass is 389 g/mol. The highest BCUT2D eigenvalue weighted by molar-refractivity contribution is 6.02. The first-order chi connectivity index (χ1) is 14.1. The van der Waals surface area contributed by atoms with Gasteiger partial charge in [0.05, 0.1) is 5.69 Å². The average Bonchev–Trinajstić information content (AvgIpc) is 3.41. The molecule has 1 aliphatic carbocycles. The molecule has 3 heterocycles. The van der Waals surface area contributed by atoms with E-state index in [1.807, 2.05) is 30.3 Å². The van der Waals surface area contributed by atoms with Gasteiger partial charge >= 0.3 is 0 Å². The molecule has 2 aliphatic rings. The lowest BCUT2D eigenvalue weighted by Gasteiger charge is -2.22. The maximum absolute atomic E-state index is 13.0. The van der Waals surface area contributed by atoms with Crippen molar-refractivity contribution in [1.82, 2.24) is 20.4 Å². The summed E-state index contributed by atoms with van der Waals surface area (Å²) in [5, 5.41) is 6.74.